The highest BCUT2D eigenvalue weighted by Gasteiger charge is 1.97. The second-order valence-corrected chi connectivity index (χ2v) is 4.70. The SMILES string of the molecule is CC(=O)/C=C(/C)Nc1ccc(N/C(C)=C\C(C)=O)cc1. The number of carbonyl (C=O) groups excluding carboxylic acids is 2. The first kappa shape index (κ1) is 15.7. The highest BCUT2D eigenvalue weighted by Crippen LogP contribution is 2.16. The van der Waals surface area contributed by atoms with Gasteiger partial charge in [0, 0.05) is 22.8 Å². The van der Waals surface area contributed by atoms with Crippen LogP contribution in [0.3, 0.4) is 0 Å². The van der Waals surface area contributed by atoms with Crippen LogP contribution in [0.15, 0.2) is 47.8 Å². The molecule has 0 aliphatic heterocycles. The standard InChI is InChI=1S/C16H20N2O2/c1-11(9-13(3)19)17-15-5-7-16(8-6-15)18-12(2)10-14(4)20/h5-10,17-18H,1-4H3/b11-9-,12-10-. The summed E-state index contributed by atoms with van der Waals surface area (Å²) in [6, 6.07) is 7.61. The van der Waals surface area contributed by atoms with E-state index in [2.05, 4.69) is 10.6 Å². The minimum atomic E-state index is 0.0123. The summed E-state index contributed by atoms with van der Waals surface area (Å²) in [6.45, 7) is 6.71. The third-order valence-electron chi connectivity index (χ3n) is 2.41. The largest absolute Gasteiger partial charge is 0.359 e. The van der Waals surface area contributed by atoms with Crippen molar-refractivity contribution in [1.29, 1.82) is 0 Å². The van der Waals surface area contributed by atoms with Crippen LogP contribution in [0.5, 0.6) is 0 Å². The summed E-state index contributed by atoms with van der Waals surface area (Å²) in [4.78, 5) is 21.9. The Kier molecular flexibility index (Phi) is 5.72. The van der Waals surface area contributed by atoms with Gasteiger partial charge in [-0.05, 0) is 64.1 Å². The Hall–Kier alpha value is -2.36. The number of rotatable bonds is 6. The van der Waals surface area contributed by atoms with Crippen LogP contribution in [0.25, 0.3) is 0 Å². The molecule has 0 heterocycles. The zero-order valence-electron chi connectivity index (χ0n) is 12.3. The van der Waals surface area contributed by atoms with Gasteiger partial charge in [-0.3, -0.25) is 9.59 Å². The van der Waals surface area contributed by atoms with E-state index in [0.717, 1.165) is 22.8 Å². The summed E-state index contributed by atoms with van der Waals surface area (Å²) >= 11 is 0. The minimum absolute atomic E-state index is 0.0123. The van der Waals surface area contributed by atoms with Gasteiger partial charge >= 0.3 is 0 Å². The molecule has 0 aliphatic rings. The van der Waals surface area contributed by atoms with Crippen LogP contribution in [0.2, 0.25) is 0 Å². The number of allylic oxidation sites excluding steroid dienone is 4. The normalized spacial score (nSPS) is 12.0. The number of benzene rings is 1. The van der Waals surface area contributed by atoms with Crippen molar-refractivity contribution in [3.05, 3.63) is 47.8 Å². The molecule has 0 saturated carbocycles. The molecule has 1 aromatic rings. The van der Waals surface area contributed by atoms with Crippen molar-refractivity contribution < 1.29 is 9.59 Å². The maximum atomic E-state index is 10.9. The Morgan fingerprint density at radius 2 is 1.05 bits per heavy atom. The maximum absolute atomic E-state index is 10.9. The fourth-order valence-electron chi connectivity index (χ4n) is 1.77. The van der Waals surface area contributed by atoms with E-state index in [1.54, 1.807) is 12.2 Å². The van der Waals surface area contributed by atoms with Crippen molar-refractivity contribution in [3.8, 4) is 0 Å². The Bertz CT molecular complexity index is 503. The number of nitrogens with one attached hydrogen (secondary N) is 2. The Balaban J connectivity index is 2.70. The van der Waals surface area contributed by atoms with Crippen LogP contribution >= 0.6 is 0 Å². The van der Waals surface area contributed by atoms with Crippen LogP contribution in [0, 0.1) is 0 Å². The van der Waals surface area contributed by atoms with Crippen LogP contribution < -0.4 is 10.6 Å². The molecule has 4 heteroatoms. The van der Waals surface area contributed by atoms with Gasteiger partial charge in [-0.15, -0.1) is 0 Å². The summed E-state index contributed by atoms with van der Waals surface area (Å²) in [5, 5.41) is 6.26. The van der Waals surface area contributed by atoms with Crippen molar-refractivity contribution in [2.45, 2.75) is 27.7 Å². The predicted molar refractivity (Wildman–Crippen MR) is 82.6 cm³/mol. The first-order valence-corrected chi connectivity index (χ1v) is 6.38. The van der Waals surface area contributed by atoms with Crippen molar-refractivity contribution in [2.75, 3.05) is 10.6 Å². The molecule has 0 amide bonds. The molecule has 106 valence electrons. The summed E-state index contributed by atoms with van der Waals surface area (Å²) in [6.07, 6.45) is 3.10. The van der Waals surface area contributed by atoms with Crippen molar-refractivity contribution >= 4 is 22.9 Å². The third kappa shape index (κ3) is 6.00. The second kappa shape index (κ2) is 7.28. The average molecular weight is 272 g/mol. The molecule has 0 fully saturated rings. The van der Waals surface area contributed by atoms with Gasteiger partial charge in [0.2, 0.25) is 0 Å². The fourth-order valence-corrected chi connectivity index (χ4v) is 1.77. The maximum Gasteiger partial charge on any atom is 0.154 e. The molecule has 0 spiro atoms. The molecule has 0 saturated heterocycles. The molecule has 0 atom stereocenters. The van der Waals surface area contributed by atoms with E-state index in [-0.39, 0.29) is 11.6 Å². The molecule has 20 heavy (non-hydrogen) atoms. The molecule has 0 bridgehead atoms. The van der Waals surface area contributed by atoms with Gasteiger partial charge in [0.1, 0.15) is 0 Å². The van der Waals surface area contributed by atoms with Crippen LogP contribution in [-0.2, 0) is 9.59 Å². The number of hydrogen-bond donors (Lipinski definition) is 2. The first-order chi connectivity index (χ1) is 9.36. The molecule has 2 N–H and O–H groups in total. The topological polar surface area (TPSA) is 58.2 Å². The van der Waals surface area contributed by atoms with Gasteiger partial charge in [0.05, 0.1) is 0 Å². The fraction of sp³-hybridized carbons (Fsp3) is 0.250. The minimum Gasteiger partial charge on any atom is -0.359 e. The zero-order chi connectivity index (χ0) is 15.1. The monoisotopic (exact) mass is 272 g/mol. The van der Waals surface area contributed by atoms with Crippen molar-refractivity contribution in [3.63, 3.8) is 0 Å². The zero-order valence-corrected chi connectivity index (χ0v) is 12.3. The molecule has 0 aromatic heterocycles. The van der Waals surface area contributed by atoms with Gasteiger partial charge in [-0.25, -0.2) is 0 Å². The number of anilines is 2. The second-order valence-electron chi connectivity index (χ2n) is 4.70. The van der Waals surface area contributed by atoms with Gasteiger partial charge < -0.3 is 10.6 Å². The average Bonchev–Trinajstić information content (AvgIpc) is 2.29. The lowest BCUT2D eigenvalue weighted by molar-refractivity contribution is -0.113. The molecular weight excluding hydrogens is 252 g/mol. The molecule has 0 radical (unpaired) electrons. The quantitative estimate of drug-likeness (QED) is 0.778. The van der Waals surface area contributed by atoms with Gasteiger partial charge in [-0.2, -0.15) is 0 Å². The van der Waals surface area contributed by atoms with Crippen LogP contribution in [0.4, 0.5) is 11.4 Å². The number of hydrogen-bond acceptors (Lipinski definition) is 4. The van der Waals surface area contributed by atoms with Crippen molar-refractivity contribution in [2.24, 2.45) is 0 Å². The summed E-state index contributed by atoms with van der Waals surface area (Å²) in [5.41, 5.74) is 3.40. The van der Waals surface area contributed by atoms with Gasteiger partial charge in [0.25, 0.3) is 0 Å². The lowest BCUT2D eigenvalue weighted by atomic mass is 10.2. The number of carbonyl (C=O) groups is 2. The Labute approximate surface area is 119 Å². The van der Waals surface area contributed by atoms with Gasteiger partial charge in [-0.1, -0.05) is 0 Å². The highest BCUT2D eigenvalue weighted by molar-refractivity contribution is 5.88. The van der Waals surface area contributed by atoms with E-state index in [9.17, 15) is 9.59 Å². The third-order valence-corrected chi connectivity index (χ3v) is 2.41. The molecular formula is C16H20N2O2. The molecule has 0 aliphatic carbocycles. The summed E-state index contributed by atoms with van der Waals surface area (Å²) in [7, 11) is 0. The van der Waals surface area contributed by atoms with E-state index in [4.69, 9.17) is 0 Å². The van der Waals surface area contributed by atoms with E-state index >= 15 is 0 Å². The Morgan fingerprint density at radius 3 is 1.30 bits per heavy atom. The summed E-state index contributed by atoms with van der Waals surface area (Å²) < 4.78 is 0. The van der Waals surface area contributed by atoms with E-state index in [0.29, 0.717) is 0 Å². The van der Waals surface area contributed by atoms with Crippen molar-refractivity contribution in [1.82, 2.24) is 0 Å². The highest BCUT2D eigenvalue weighted by atomic mass is 16.1. The van der Waals surface area contributed by atoms with E-state index in [1.807, 2.05) is 38.1 Å². The van der Waals surface area contributed by atoms with E-state index in [1.165, 1.54) is 13.8 Å². The molecule has 1 aromatic carbocycles. The molecule has 1 rings (SSSR count). The van der Waals surface area contributed by atoms with Gasteiger partial charge in [0.15, 0.2) is 11.6 Å². The van der Waals surface area contributed by atoms with Crippen LogP contribution in [-0.4, -0.2) is 11.6 Å². The lowest BCUT2D eigenvalue weighted by Crippen LogP contribution is -2.00. The molecule has 4 nitrogen and oxygen atoms in total. The molecule has 0 unspecified atom stereocenters. The predicted octanol–water partition coefficient (Wildman–Crippen LogP) is 3.50. The number of ketones is 2. The Morgan fingerprint density at radius 1 is 0.750 bits per heavy atom. The first-order valence-electron chi connectivity index (χ1n) is 6.38. The lowest BCUT2D eigenvalue weighted by Gasteiger charge is -2.09. The van der Waals surface area contributed by atoms with E-state index < -0.39 is 0 Å². The summed E-state index contributed by atoms with van der Waals surface area (Å²) in [5.74, 6) is 0.0246. The smallest absolute Gasteiger partial charge is 0.154 e. The van der Waals surface area contributed by atoms with Crippen LogP contribution in [0.1, 0.15) is 27.7 Å².